The second-order valence-electron chi connectivity index (χ2n) is 8.94. The number of ether oxygens (including phenoxy) is 1. The first-order valence-corrected chi connectivity index (χ1v) is 11.8. The number of aliphatic carboxylic acids is 1. The molecule has 3 aromatic rings. The van der Waals surface area contributed by atoms with Gasteiger partial charge in [-0.1, -0.05) is 6.07 Å². The van der Waals surface area contributed by atoms with Crippen molar-refractivity contribution in [3.63, 3.8) is 0 Å². The number of carbonyl (C=O) groups excluding carboxylic acids is 2. The van der Waals surface area contributed by atoms with Gasteiger partial charge in [-0.25, -0.2) is 13.8 Å². The number of halogens is 5. The van der Waals surface area contributed by atoms with Crippen LogP contribution in [0.3, 0.4) is 0 Å². The van der Waals surface area contributed by atoms with Gasteiger partial charge in [-0.3, -0.25) is 19.5 Å². The molecular formula is C24H22F5N7O5. The van der Waals surface area contributed by atoms with E-state index in [4.69, 9.17) is 5.73 Å². The van der Waals surface area contributed by atoms with E-state index in [1.807, 2.05) is 0 Å². The Labute approximate surface area is 227 Å². The zero-order chi connectivity index (χ0) is 29.9. The van der Waals surface area contributed by atoms with E-state index >= 15 is 0 Å². The van der Waals surface area contributed by atoms with Crippen LogP contribution in [0.1, 0.15) is 28.3 Å². The minimum atomic E-state index is -5.26. The lowest BCUT2D eigenvalue weighted by atomic mass is 9.87. The Hall–Kier alpha value is -4.96. The summed E-state index contributed by atoms with van der Waals surface area (Å²) in [5.41, 5.74) is 5.82. The first-order valence-electron chi connectivity index (χ1n) is 11.8. The number of carboxylic acids is 1. The third-order valence-corrected chi connectivity index (χ3v) is 6.01. The number of hydrogen-bond donors (Lipinski definition) is 6. The molecule has 17 heteroatoms. The molecule has 2 aromatic carbocycles. The van der Waals surface area contributed by atoms with Crippen molar-refractivity contribution in [3.8, 4) is 5.75 Å². The van der Waals surface area contributed by atoms with Crippen molar-refractivity contribution in [1.29, 1.82) is 0 Å². The molecule has 2 amide bonds. The van der Waals surface area contributed by atoms with Crippen LogP contribution in [0.15, 0.2) is 41.5 Å². The maximum atomic E-state index is 14.0. The van der Waals surface area contributed by atoms with Crippen LogP contribution >= 0.6 is 0 Å². The molecule has 7 N–H and O–H groups in total. The summed E-state index contributed by atoms with van der Waals surface area (Å²) in [5.74, 6) is -7.57. The zero-order valence-electron chi connectivity index (χ0n) is 20.8. The second kappa shape index (κ2) is 11.6. The number of anilines is 1. The number of aromatic amines is 1. The van der Waals surface area contributed by atoms with Crippen LogP contribution in [0.5, 0.6) is 5.75 Å². The Morgan fingerprint density at radius 2 is 1.98 bits per heavy atom. The summed E-state index contributed by atoms with van der Waals surface area (Å²) in [4.78, 5) is 41.3. The molecule has 12 nitrogen and oxygen atoms in total. The number of nitrogens with two attached hydrogens (primary N) is 1. The summed E-state index contributed by atoms with van der Waals surface area (Å²) >= 11 is 0. The summed E-state index contributed by atoms with van der Waals surface area (Å²) in [5, 5.41) is 24.6. The number of fused-ring (bicyclic) bond motifs is 1. The van der Waals surface area contributed by atoms with Crippen molar-refractivity contribution >= 4 is 40.3 Å². The Morgan fingerprint density at radius 3 is 2.61 bits per heavy atom. The first kappa shape index (κ1) is 29.0. The van der Waals surface area contributed by atoms with E-state index in [9.17, 15) is 41.4 Å². The van der Waals surface area contributed by atoms with Crippen LogP contribution in [0.2, 0.25) is 0 Å². The number of aliphatic imine (C=N–C) groups is 1. The number of carboxylic acid groups (broad SMARTS) is 1. The van der Waals surface area contributed by atoms with Gasteiger partial charge in [-0.05, 0) is 29.8 Å². The van der Waals surface area contributed by atoms with Gasteiger partial charge in [0.15, 0.2) is 17.5 Å². The van der Waals surface area contributed by atoms with E-state index in [-0.39, 0.29) is 30.2 Å². The molecule has 41 heavy (non-hydrogen) atoms. The summed E-state index contributed by atoms with van der Waals surface area (Å²) in [7, 11) is 0. The van der Waals surface area contributed by atoms with Crippen molar-refractivity contribution in [2.75, 3.05) is 18.4 Å². The molecule has 2 heterocycles. The Morgan fingerprint density at radius 1 is 1.22 bits per heavy atom. The maximum absolute atomic E-state index is 14.0. The average molecular weight is 583 g/mol. The number of benzene rings is 2. The summed E-state index contributed by atoms with van der Waals surface area (Å²) in [6.07, 6.45) is -5.86. The van der Waals surface area contributed by atoms with Gasteiger partial charge in [0.1, 0.15) is 12.2 Å². The molecule has 0 bridgehead atoms. The number of nitrogens with one attached hydrogen (secondary N) is 4. The third kappa shape index (κ3) is 7.17. The Kier molecular flexibility index (Phi) is 8.25. The van der Waals surface area contributed by atoms with Gasteiger partial charge in [0.25, 0.3) is 5.91 Å². The number of rotatable bonds is 9. The molecule has 1 aliphatic heterocycles. The number of primary amides is 1. The Balaban J connectivity index is 1.66. The summed E-state index contributed by atoms with van der Waals surface area (Å²) in [6.45, 7) is -0.0840. The van der Waals surface area contributed by atoms with Gasteiger partial charge in [-0.2, -0.15) is 5.10 Å². The van der Waals surface area contributed by atoms with E-state index in [0.717, 1.165) is 6.07 Å². The van der Waals surface area contributed by atoms with Crippen LogP contribution in [0, 0.1) is 5.82 Å². The predicted octanol–water partition coefficient (Wildman–Crippen LogP) is 2.15. The topological polar surface area (TPSA) is 184 Å². The minimum absolute atomic E-state index is 0.00487. The number of carbonyl (C=O) groups is 3. The lowest BCUT2D eigenvalue weighted by molar-refractivity contribution is -0.275. The maximum Gasteiger partial charge on any atom is 0.573 e. The van der Waals surface area contributed by atoms with Crippen molar-refractivity contribution in [1.82, 2.24) is 20.8 Å². The highest BCUT2D eigenvalue weighted by molar-refractivity contribution is 6.07. The van der Waals surface area contributed by atoms with E-state index in [1.165, 1.54) is 18.3 Å². The standard InChI is InChI=1S/C24H22F5N7O5/c25-12-7-31-23(32-8-12)34-16-3-11(4-17-14(16)9-33-36-17)22(40)35-20(21(30)39)13(6-19(37)38)10-1-2-15(26)18(5-10)41-24(27,28)29/h1-5,9,12-13,20H,6-8H2,(H2,30,39)(H,33,36)(H,35,40)(H,37,38)(H2,31,32,34)/t13-,20?/m0/s1. The molecule has 0 radical (unpaired) electrons. The molecule has 4 rings (SSSR count). The minimum Gasteiger partial charge on any atom is -0.481 e. The van der Waals surface area contributed by atoms with Gasteiger partial charge in [0.2, 0.25) is 5.91 Å². The summed E-state index contributed by atoms with van der Waals surface area (Å²) < 4.78 is 69.3. The summed E-state index contributed by atoms with van der Waals surface area (Å²) in [6, 6.07) is 3.10. The fourth-order valence-electron chi connectivity index (χ4n) is 4.18. The van der Waals surface area contributed by atoms with E-state index < -0.39 is 60.3 Å². The van der Waals surface area contributed by atoms with Crippen molar-refractivity contribution in [3.05, 3.63) is 53.5 Å². The molecule has 0 fully saturated rings. The number of H-pyrrole nitrogens is 1. The molecule has 3 atom stereocenters. The smallest absolute Gasteiger partial charge is 0.481 e. The van der Waals surface area contributed by atoms with Gasteiger partial charge in [-0.15, -0.1) is 13.2 Å². The molecule has 1 aromatic heterocycles. The van der Waals surface area contributed by atoms with Gasteiger partial charge in [0, 0.05) is 16.9 Å². The molecule has 1 aliphatic rings. The lowest BCUT2D eigenvalue weighted by Gasteiger charge is -2.26. The highest BCUT2D eigenvalue weighted by Gasteiger charge is 2.35. The Bertz CT molecular complexity index is 1510. The third-order valence-electron chi connectivity index (χ3n) is 6.01. The quantitative estimate of drug-likeness (QED) is 0.207. The molecule has 2 unspecified atom stereocenters. The number of nitrogens with zero attached hydrogens (tertiary/aromatic N) is 2. The number of hydrogen-bond acceptors (Lipinski definition) is 8. The first-order chi connectivity index (χ1) is 19.3. The van der Waals surface area contributed by atoms with Crippen molar-refractivity contribution in [2.24, 2.45) is 10.7 Å². The number of guanidine groups is 1. The highest BCUT2D eigenvalue weighted by atomic mass is 19.4. The average Bonchev–Trinajstić information content (AvgIpc) is 3.37. The van der Waals surface area contributed by atoms with Gasteiger partial charge < -0.3 is 31.5 Å². The molecule has 0 saturated carbocycles. The van der Waals surface area contributed by atoms with Gasteiger partial charge in [0.05, 0.1) is 36.9 Å². The normalized spacial score (nSPS) is 16.7. The predicted molar refractivity (Wildman–Crippen MR) is 133 cm³/mol. The zero-order valence-corrected chi connectivity index (χ0v) is 20.8. The van der Waals surface area contributed by atoms with Crippen molar-refractivity contribution in [2.45, 2.75) is 30.9 Å². The highest BCUT2D eigenvalue weighted by Crippen LogP contribution is 2.32. The van der Waals surface area contributed by atoms with Crippen molar-refractivity contribution < 1.29 is 46.2 Å². The monoisotopic (exact) mass is 583 g/mol. The molecule has 0 saturated heterocycles. The van der Waals surface area contributed by atoms with Crippen LogP contribution in [0.4, 0.5) is 27.6 Å². The number of amides is 2. The fourth-order valence-corrected chi connectivity index (χ4v) is 4.18. The van der Waals surface area contributed by atoms with Crippen LogP contribution in [0.25, 0.3) is 10.9 Å². The SMILES string of the molecule is NC(=O)C(NC(=O)c1cc(NC2=NCC(F)CN2)c2cn[nH]c2c1)[C@@H](CC(=O)O)c1ccc(F)c(OC(F)(F)F)c1. The van der Waals surface area contributed by atoms with Crippen LogP contribution in [-0.4, -0.2) is 70.7 Å². The fraction of sp³-hybridized carbons (Fsp3) is 0.292. The second-order valence-corrected chi connectivity index (χ2v) is 8.94. The van der Waals surface area contributed by atoms with Gasteiger partial charge >= 0.3 is 12.3 Å². The molecular weight excluding hydrogens is 561 g/mol. The lowest BCUT2D eigenvalue weighted by Crippen LogP contribution is -2.48. The largest absolute Gasteiger partial charge is 0.573 e. The van der Waals surface area contributed by atoms with Crippen LogP contribution in [-0.2, 0) is 9.59 Å². The molecule has 0 spiro atoms. The van der Waals surface area contributed by atoms with E-state index in [1.54, 1.807) is 0 Å². The molecule has 0 aliphatic carbocycles. The number of alkyl halides is 4. The number of aromatic nitrogens is 2. The molecule has 218 valence electrons. The van der Waals surface area contributed by atoms with E-state index in [0.29, 0.717) is 28.7 Å². The van der Waals surface area contributed by atoms with Crippen LogP contribution < -0.4 is 26.4 Å². The van der Waals surface area contributed by atoms with E-state index in [2.05, 4.69) is 35.9 Å².